The molecule has 0 saturated carbocycles. The fourth-order valence-corrected chi connectivity index (χ4v) is 2.04. The number of benzene rings is 1. The van der Waals surface area contributed by atoms with E-state index in [0.29, 0.717) is 23.6 Å². The molecule has 5 heteroatoms. The number of nitrogens with zero attached hydrogens (tertiary/aromatic N) is 3. The van der Waals surface area contributed by atoms with Crippen LogP contribution >= 0.6 is 0 Å². The second kappa shape index (κ2) is 8.88. The van der Waals surface area contributed by atoms with Gasteiger partial charge in [-0.25, -0.2) is 9.50 Å². The minimum absolute atomic E-state index is 0.155. The van der Waals surface area contributed by atoms with Gasteiger partial charge in [-0.15, -0.1) is 0 Å². The van der Waals surface area contributed by atoms with Crippen LogP contribution in [0.1, 0.15) is 50.5 Å². The zero-order valence-corrected chi connectivity index (χ0v) is 14.8. The first kappa shape index (κ1) is 18.6. The molecule has 0 fully saturated rings. The summed E-state index contributed by atoms with van der Waals surface area (Å²) in [5.74, 6) is 1.36. The molecule has 0 spiro atoms. The van der Waals surface area contributed by atoms with Crippen molar-refractivity contribution in [2.75, 3.05) is 0 Å². The first-order valence-electron chi connectivity index (χ1n) is 8.12. The van der Waals surface area contributed by atoms with Gasteiger partial charge in [-0.05, 0) is 19.4 Å². The fourth-order valence-electron chi connectivity index (χ4n) is 2.04. The van der Waals surface area contributed by atoms with Crippen LogP contribution < -0.4 is 5.56 Å². The van der Waals surface area contributed by atoms with Crippen LogP contribution in [0.2, 0.25) is 0 Å². The first-order chi connectivity index (χ1) is 11.1. The molecular formula is C18H26N4O. The lowest BCUT2D eigenvalue weighted by Gasteiger charge is -2.03. The van der Waals surface area contributed by atoms with Crippen molar-refractivity contribution in [1.29, 1.82) is 0 Å². The smallest absolute Gasteiger partial charge is 0.276 e. The van der Waals surface area contributed by atoms with Crippen molar-refractivity contribution >= 4 is 5.52 Å². The van der Waals surface area contributed by atoms with Crippen LogP contribution in [0.3, 0.4) is 0 Å². The van der Waals surface area contributed by atoms with E-state index < -0.39 is 0 Å². The van der Waals surface area contributed by atoms with Gasteiger partial charge in [-0.1, -0.05) is 57.5 Å². The predicted molar refractivity (Wildman–Crippen MR) is 95.0 cm³/mol. The van der Waals surface area contributed by atoms with Crippen molar-refractivity contribution in [3.8, 4) is 0 Å². The Labute approximate surface area is 137 Å². The maximum atomic E-state index is 11.9. The molecule has 0 unspecified atom stereocenters. The molecule has 0 bridgehead atoms. The van der Waals surface area contributed by atoms with E-state index in [4.69, 9.17) is 0 Å². The molecule has 23 heavy (non-hydrogen) atoms. The van der Waals surface area contributed by atoms with E-state index in [1.165, 1.54) is 11.8 Å². The molecule has 5 nitrogen and oxygen atoms in total. The molecule has 0 aliphatic carbocycles. The van der Waals surface area contributed by atoms with Crippen LogP contribution in [-0.2, 0) is 6.42 Å². The van der Waals surface area contributed by atoms with Crippen molar-refractivity contribution < 1.29 is 0 Å². The largest absolute Gasteiger partial charge is 0.307 e. The fraction of sp³-hybridized carbons (Fsp3) is 0.389. The SMILES string of the molecule is CC.CC.Cc1ccc(Cc2nn3c(C)ncc3c(=O)[nH]2)cc1. The number of aryl methyl sites for hydroxylation is 2. The summed E-state index contributed by atoms with van der Waals surface area (Å²) in [4.78, 5) is 18.8. The first-order valence-corrected chi connectivity index (χ1v) is 8.12. The Balaban J connectivity index is 0.000000615. The van der Waals surface area contributed by atoms with Crippen molar-refractivity contribution in [2.45, 2.75) is 48.0 Å². The lowest BCUT2D eigenvalue weighted by Crippen LogP contribution is -2.16. The highest BCUT2D eigenvalue weighted by atomic mass is 16.1. The normalized spacial score (nSPS) is 9.65. The number of fused-ring (bicyclic) bond motifs is 1. The zero-order valence-electron chi connectivity index (χ0n) is 14.8. The third-order valence-corrected chi connectivity index (χ3v) is 3.11. The third-order valence-electron chi connectivity index (χ3n) is 3.11. The van der Waals surface area contributed by atoms with Crippen LogP contribution in [0, 0.1) is 13.8 Å². The van der Waals surface area contributed by atoms with Crippen LogP contribution in [0.25, 0.3) is 5.52 Å². The molecule has 2 heterocycles. The highest BCUT2D eigenvalue weighted by molar-refractivity contribution is 5.41. The van der Waals surface area contributed by atoms with E-state index in [-0.39, 0.29) is 5.56 Å². The van der Waals surface area contributed by atoms with Gasteiger partial charge < -0.3 is 4.98 Å². The van der Waals surface area contributed by atoms with E-state index in [1.54, 1.807) is 4.52 Å². The predicted octanol–water partition coefficient (Wildman–Crippen LogP) is 3.68. The molecule has 124 valence electrons. The highest BCUT2D eigenvalue weighted by Crippen LogP contribution is 2.07. The van der Waals surface area contributed by atoms with Crippen molar-refractivity contribution in [3.63, 3.8) is 0 Å². The molecule has 0 aliphatic heterocycles. The lowest BCUT2D eigenvalue weighted by molar-refractivity contribution is 0.784. The average molecular weight is 314 g/mol. The maximum absolute atomic E-state index is 11.9. The van der Waals surface area contributed by atoms with Gasteiger partial charge in [-0.2, -0.15) is 5.10 Å². The summed E-state index contributed by atoms with van der Waals surface area (Å²) in [7, 11) is 0. The minimum Gasteiger partial charge on any atom is -0.307 e. The van der Waals surface area contributed by atoms with Gasteiger partial charge in [0.15, 0.2) is 5.52 Å². The topological polar surface area (TPSA) is 63.1 Å². The second-order valence-electron chi connectivity index (χ2n) is 4.67. The molecular weight excluding hydrogens is 288 g/mol. The monoisotopic (exact) mass is 314 g/mol. The van der Waals surface area contributed by atoms with Crippen LogP contribution in [0.4, 0.5) is 0 Å². The summed E-state index contributed by atoms with van der Waals surface area (Å²) in [5.41, 5.74) is 2.65. The Kier molecular flexibility index (Phi) is 7.19. The standard InChI is InChI=1S/C14H14N4O.2C2H6/c1-9-3-5-11(6-4-9)7-13-16-14(19)12-8-15-10(2)18(12)17-13;2*1-2/h3-6,8H,7H2,1-2H3,(H,16,17,19);2*1-2H3. The lowest BCUT2D eigenvalue weighted by atomic mass is 10.1. The van der Waals surface area contributed by atoms with Crippen LogP contribution in [0.15, 0.2) is 35.3 Å². The molecule has 1 aromatic carbocycles. The summed E-state index contributed by atoms with van der Waals surface area (Å²) < 4.78 is 1.59. The van der Waals surface area contributed by atoms with E-state index in [9.17, 15) is 4.79 Å². The van der Waals surface area contributed by atoms with Crippen LogP contribution in [0.5, 0.6) is 0 Å². The summed E-state index contributed by atoms with van der Waals surface area (Å²) in [6.07, 6.45) is 2.14. The van der Waals surface area contributed by atoms with Crippen molar-refractivity contribution in [3.05, 3.63) is 63.6 Å². The van der Waals surface area contributed by atoms with Gasteiger partial charge >= 0.3 is 0 Å². The van der Waals surface area contributed by atoms with Gasteiger partial charge in [0.2, 0.25) is 0 Å². The zero-order chi connectivity index (χ0) is 17.4. The molecule has 0 radical (unpaired) electrons. The van der Waals surface area contributed by atoms with E-state index in [2.05, 4.69) is 27.2 Å². The minimum atomic E-state index is -0.155. The average Bonchev–Trinajstić information content (AvgIpc) is 2.95. The number of rotatable bonds is 2. The number of H-pyrrole nitrogens is 1. The summed E-state index contributed by atoms with van der Waals surface area (Å²) in [6.45, 7) is 11.9. The number of hydrogen-bond acceptors (Lipinski definition) is 3. The van der Waals surface area contributed by atoms with Gasteiger partial charge in [0.05, 0.1) is 6.20 Å². The molecule has 0 aliphatic rings. The Hall–Kier alpha value is -2.43. The van der Waals surface area contributed by atoms with Gasteiger partial charge in [0.25, 0.3) is 5.56 Å². The Bertz CT molecular complexity index is 785. The molecule has 0 amide bonds. The maximum Gasteiger partial charge on any atom is 0.276 e. The van der Waals surface area contributed by atoms with Crippen LogP contribution in [-0.4, -0.2) is 19.6 Å². The molecule has 0 saturated heterocycles. The molecule has 0 atom stereocenters. The number of aromatic nitrogens is 4. The summed E-state index contributed by atoms with van der Waals surface area (Å²) in [6, 6.07) is 8.18. The third kappa shape index (κ3) is 4.52. The Morgan fingerprint density at radius 3 is 2.26 bits per heavy atom. The van der Waals surface area contributed by atoms with Crippen molar-refractivity contribution in [1.82, 2.24) is 19.6 Å². The number of hydrogen-bond donors (Lipinski definition) is 1. The number of aromatic amines is 1. The summed E-state index contributed by atoms with van der Waals surface area (Å²) >= 11 is 0. The highest BCUT2D eigenvalue weighted by Gasteiger charge is 2.07. The Morgan fingerprint density at radius 2 is 1.65 bits per heavy atom. The molecule has 3 aromatic rings. The number of imidazole rings is 1. The second-order valence-corrected chi connectivity index (χ2v) is 4.67. The molecule has 3 rings (SSSR count). The van der Waals surface area contributed by atoms with Gasteiger partial charge in [0.1, 0.15) is 11.6 Å². The Morgan fingerprint density at radius 1 is 1.04 bits per heavy atom. The van der Waals surface area contributed by atoms with E-state index in [1.807, 2.05) is 53.7 Å². The van der Waals surface area contributed by atoms with Crippen molar-refractivity contribution in [2.24, 2.45) is 0 Å². The number of nitrogens with one attached hydrogen (secondary N) is 1. The van der Waals surface area contributed by atoms with Gasteiger partial charge in [-0.3, -0.25) is 4.79 Å². The summed E-state index contributed by atoms with van der Waals surface area (Å²) in [5, 5.41) is 4.41. The molecule has 2 aromatic heterocycles. The van der Waals surface area contributed by atoms with E-state index in [0.717, 1.165) is 5.56 Å². The van der Waals surface area contributed by atoms with E-state index >= 15 is 0 Å². The quantitative estimate of drug-likeness (QED) is 0.785. The van der Waals surface area contributed by atoms with Gasteiger partial charge in [0, 0.05) is 6.42 Å². The molecule has 1 N–H and O–H groups in total.